The van der Waals surface area contributed by atoms with E-state index in [9.17, 15) is 14.4 Å². The van der Waals surface area contributed by atoms with E-state index in [1.165, 1.54) is 0 Å². The third kappa shape index (κ3) is 5.45. The van der Waals surface area contributed by atoms with Crippen LogP contribution in [0.2, 0.25) is 0 Å². The molecule has 36 heavy (non-hydrogen) atoms. The predicted molar refractivity (Wildman–Crippen MR) is 132 cm³/mol. The Bertz CT molecular complexity index is 1340. The minimum atomic E-state index is -0.932. The molecular formula is C27H26N4O5. The summed E-state index contributed by atoms with van der Waals surface area (Å²) < 4.78 is 5.49. The lowest BCUT2D eigenvalue weighted by atomic mass is 9.96. The summed E-state index contributed by atoms with van der Waals surface area (Å²) in [6.45, 7) is -0.479. The van der Waals surface area contributed by atoms with Crippen LogP contribution < -0.4 is 20.7 Å². The van der Waals surface area contributed by atoms with Gasteiger partial charge in [0.1, 0.15) is 18.9 Å². The van der Waals surface area contributed by atoms with E-state index < -0.39 is 17.4 Å². The van der Waals surface area contributed by atoms with Gasteiger partial charge < -0.3 is 25.8 Å². The fourth-order valence-electron chi connectivity index (χ4n) is 4.14. The molecule has 3 aromatic carbocycles. The number of nitrogens with one attached hydrogen (secondary N) is 3. The van der Waals surface area contributed by atoms with Crippen molar-refractivity contribution in [1.82, 2.24) is 16.0 Å². The monoisotopic (exact) mass is 486 g/mol. The first kappa shape index (κ1) is 24.7. The van der Waals surface area contributed by atoms with Gasteiger partial charge in [0.25, 0.3) is 5.91 Å². The first-order valence-corrected chi connectivity index (χ1v) is 11.6. The Kier molecular flexibility index (Phi) is 7.47. The molecule has 0 unspecified atom stereocenters. The maximum atomic E-state index is 13.5. The molecule has 1 aliphatic carbocycles. The summed E-state index contributed by atoms with van der Waals surface area (Å²) in [5, 5.41) is 27.6. The predicted octanol–water partition coefficient (Wildman–Crippen LogP) is 1.89. The Morgan fingerprint density at radius 2 is 1.75 bits per heavy atom. The van der Waals surface area contributed by atoms with Crippen molar-refractivity contribution in [3.63, 3.8) is 0 Å². The molecule has 0 atom stereocenters. The van der Waals surface area contributed by atoms with Crippen LogP contribution in [-0.2, 0) is 21.7 Å². The van der Waals surface area contributed by atoms with E-state index in [1.54, 1.807) is 24.3 Å². The minimum absolute atomic E-state index is 0.0656. The van der Waals surface area contributed by atoms with Gasteiger partial charge in [-0.25, -0.2) is 0 Å². The average molecular weight is 487 g/mol. The molecule has 0 spiro atoms. The molecule has 9 heteroatoms. The minimum Gasteiger partial charge on any atom is -0.491 e. The van der Waals surface area contributed by atoms with Gasteiger partial charge in [0, 0.05) is 12.1 Å². The molecule has 0 saturated heterocycles. The van der Waals surface area contributed by atoms with Crippen molar-refractivity contribution in [2.45, 2.75) is 24.9 Å². The molecule has 4 N–H and O–H groups in total. The summed E-state index contributed by atoms with van der Waals surface area (Å²) in [7, 11) is 0. The van der Waals surface area contributed by atoms with Gasteiger partial charge in [-0.2, -0.15) is 5.26 Å². The number of carbonyl (C=O) groups is 3. The summed E-state index contributed by atoms with van der Waals surface area (Å²) in [6, 6.07) is 20.6. The van der Waals surface area contributed by atoms with E-state index >= 15 is 0 Å². The number of amides is 3. The van der Waals surface area contributed by atoms with Crippen LogP contribution in [0.1, 0.15) is 34.3 Å². The molecule has 0 heterocycles. The Morgan fingerprint density at radius 3 is 2.50 bits per heavy atom. The largest absolute Gasteiger partial charge is 0.491 e. The van der Waals surface area contributed by atoms with Crippen LogP contribution >= 0.6 is 0 Å². The lowest BCUT2D eigenvalue weighted by Gasteiger charge is -2.21. The SMILES string of the molecule is N#CCNC(=O)C(=O)NCc1ccc(OCCO)cc1C(=O)NC1(c2cccc3ccccc23)CC1. The second-order valence-corrected chi connectivity index (χ2v) is 8.48. The van der Waals surface area contributed by atoms with Crippen LogP contribution in [0.5, 0.6) is 5.75 Å². The van der Waals surface area contributed by atoms with Gasteiger partial charge in [-0.3, -0.25) is 14.4 Å². The molecule has 0 aromatic heterocycles. The maximum Gasteiger partial charge on any atom is 0.310 e. The standard InChI is InChI=1S/C27H26N4O5/c28-12-13-29-25(34)26(35)30-17-19-8-9-20(36-15-14-32)16-22(19)24(33)31-27(10-11-27)23-7-3-5-18-4-1-2-6-21(18)23/h1-9,16,32H,10-11,13-15,17H2,(H,29,34)(H,30,35)(H,31,33). The molecule has 1 fully saturated rings. The van der Waals surface area contributed by atoms with Crippen LogP contribution in [0.25, 0.3) is 10.8 Å². The topological polar surface area (TPSA) is 141 Å². The lowest BCUT2D eigenvalue weighted by molar-refractivity contribution is -0.139. The number of benzene rings is 3. The number of aliphatic hydroxyl groups is 1. The highest BCUT2D eigenvalue weighted by Crippen LogP contribution is 2.48. The lowest BCUT2D eigenvalue weighted by Crippen LogP contribution is -2.40. The highest BCUT2D eigenvalue weighted by atomic mass is 16.5. The quantitative estimate of drug-likeness (QED) is 0.269. The summed E-state index contributed by atoms with van der Waals surface area (Å²) in [4.78, 5) is 37.4. The van der Waals surface area contributed by atoms with Crippen LogP contribution in [-0.4, -0.2) is 42.6 Å². The van der Waals surface area contributed by atoms with Crippen molar-refractivity contribution < 1.29 is 24.2 Å². The van der Waals surface area contributed by atoms with Crippen LogP contribution in [0.4, 0.5) is 0 Å². The van der Waals surface area contributed by atoms with Gasteiger partial charge in [0.15, 0.2) is 0 Å². The summed E-state index contributed by atoms with van der Waals surface area (Å²) >= 11 is 0. The number of fused-ring (bicyclic) bond motifs is 1. The fourth-order valence-corrected chi connectivity index (χ4v) is 4.14. The zero-order valence-electron chi connectivity index (χ0n) is 19.5. The van der Waals surface area contributed by atoms with E-state index in [-0.39, 0.29) is 37.8 Å². The number of hydrogen-bond acceptors (Lipinski definition) is 6. The van der Waals surface area contributed by atoms with Gasteiger partial charge >= 0.3 is 11.8 Å². The summed E-state index contributed by atoms with van der Waals surface area (Å²) in [5.74, 6) is -1.79. The van der Waals surface area contributed by atoms with E-state index in [0.717, 1.165) is 29.2 Å². The van der Waals surface area contributed by atoms with Crippen LogP contribution in [0, 0.1) is 11.3 Å². The Balaban J connectivity index is 1.57. The smallest absolute Gasteiger partial charge is 0.310 e. The molecule has 184 valence electrons. The molecule has 0 radical (unpaired) electrons. The van der Waals surface area contributed by atoms with Gasteiger partial charge in [-0.1, -0.05) is 48.5 Å². The number of rotatable bonds is 9. The molecule has 4 rings (SSSR count). The molecular weight excluding hydrogens is 460 g/mol. The van der Waals surface area contributed by atoms with E-state index in [1.807, 2.05) is 42.5 Å². The van der Waals surface area contributed by atoms with Gasteiger partial charge in [-0.15, -0.1) is 0 Å². The van der Waals surface area contributed by atoms with Crippen LogP contribution in [0.3, 0.4) is 0 Å². The van der Waals surface area contributed by atoms with E-state index in [2.05, 4.69) is 16.0 Å². The van der Waals surface area contributed by atoms with Crippen molar-refractivity contribution in [2.75, 3.05) is 19.8 Å². The number of hydrogen-bond donors (Lipinski definition) is 4. The Hall–Kier alpha value is -4.42. The third-order valence-corrected chi connectivity index (χ3v) is 6.07. The van der Waals surface area contributed by atoms with E-state index in [0.29, 0.717) is 11.3 Å². The highest BCUT2D eigenvalue weighted by Gasteiger charge is 2.46. The zero-order chi connectivity index (χ0) is 25.5. The van der Waals surface area contributed by atoms with Crippen LogP contribution in [0.15, 0.2) is 60.7 Å². The molecule has 0 aliphatic heterocycles. The summed E-state index contributed by atoms with van der Waals surface area (Å²) in [6.07, 6.45) is 1.58. The molecule has 0 bridgehead atoms. The molecule has 1 aliphatic rings. The van der Waals surface area contributed by atoms with Crippen molar-refractivity contribution in [3.8, 4) is 11.8 Å². The molecule has 3 amide bonds. The highest BCUT2D eigenvalue weighted by molar-refractivity contribution is 6.35. The van der Waals surface area contributed by atoms with Gasteiger partial charge in [0.2, 0.25) is 0 Å². The summed E-state index contributed by atoms with van der Waals surface area (Å²) in [5.41, 5.74) is 1.32. The first-order chi connectivity index (χ1) is 17.5. The Labute approximate surface area is 208 Å². The number of nitrogens with zero attached hydrogens (tertiary/aromatic N) is 1. The second kappa shape index (κ2) is 10.9. The van der Waals surface area contributed by atoms with Crippen molar-refractivity contribution >= 4 is 28.5 Å². The first-order valence-electron chi connectivity index (χ1n) is 11.6. The fraction of sp³-hybridized carbons (Fsp3) is 0.259. The van der Waals surface area contributed by atoms with E-state index in [4.69, 9.17) is 15.1 Å². The molecule has 9 nitrogen and oxygen atoms in total. The molecule has 1 saturated carbocycles. The van der Waals surface area contributed by atoms with Gasteiger partial charge in [-0.05, 0) is 46.9 Å². The number of nitriles is 1. The van der Waals surface area contributed by atoms with Gasteiger partial charge in [0.05, 0.1) is 18.2 Å². The zero-order valence-corrected chi connectivity index (χ0v) is 19.5. The van der Waals surface area contributed by atoms with Crippen molar-refractivity contribution in [3.05, 3.63) is 77.4 Å². The maximum absolute atomic E-state index is 13.5. The number of aliphatic hydroxyl groups excluding tert-OH is 1. The van der Waals surface area contributed by atoms with Crippen molar-refractivity contribution in [2.24, 2.45) is 0 Å². The average Bonchev–Trinajstić information content (AvgIpc) is 3.69. The third-order valence-electron chi connectivity index (χ3n) is 6.07. The number of ether oxygens (including phenoxy) is 1. The number of carbonyl (C=O) groups excluding carboxylic acids is 3. The Morgan fingerprint density at radius 1 is 1.00 bits per heavy atom. The normalized spacial score (nSPS) is 13.3. The second-order valence-electron chi connectivity index (χ2n) is 8.48. The molecule has 3 aromatic rings. The van der Waals surface area contributed by atoms with Crippen molar-refractivity contribution in [1.29, 1.82) is 5.26 Å².